The van der Waals surface area contributed by atoms with E-state index >= 15 is 0 Å². The lowest BCUT2D eigenvalue weighted by Crippen LogP contribution is -2.50. The molecule has 3 N–H and O–H groups in total. The lowest BCUT2D eigenvalue weighted by molar-refractivity contribution is 0.0944. The zero-order chi connectivity index (χ0) is 19.6. The molecule has 1 aliphatic rings. The van der Waals surface area contributed by atoms with Gasteiger partial charge in [-0.2, -0.15) is 5.10 Å². The van der Waals surface area contributed by atoms with Gasteiger partial charge < -0.3 is 15.7 Å². The summed E-state index contributed by atoms with van der Waals surface area (Å²) in [5.41, 5.74) is 2.96. The Morgan fingerprint density at radius 1 is 1.37 bits per heavy atom. The van der Waals surface area contributed by atoms with Crippen molar-refractivity contribution in [3.8, 4) is 0 Å². The Morgan fingerprint density at radius 3 is 2.74 bits per heavy atom. The Hall–Kier alpha value is -2.25. The van der Waals surface area contributed by atoms with E-state index in [4.69, 9.17) is 0 Å². The number of nitrogens with zero attached hydrogens (tertiary/aromatic N) is 2. The molecular formula is C20H27FN4O2. The molecule has 0 saturated carbocycles. The quantitative estimate of drug-likeness (QED) is 0.719. The summed E-state index contributed by atoms with van der Waals surface area (Å²) in [4.78, 5) is 12.7. The third-order valence-corrected chi connectivity index (χ3v) is 5.03. The van der Waals surface area contributed by atoms with Gasteiger partial charge in [0, 0.05) is 36.4 Å². The maximum atomic E-state index is 13.0. The molecule has 1 aromatic carbocycles. The number of carbonyl (C=O) groups is 1. The zero-order valence-corrected chi connectivity index (χ0v) is 16.1. The van der Waals surface area contributed by atoms with E-state index in [1.165, 1.54) is 12.1 Å². The minimum Gasteiger partial charge on any atom is -0.394 e. The molecule has 0 saturated heterocycles. The second-order valence-electron chi connectivity index (χ2n) is 7.83. The highest BCUT2D eigenvalue weighted by molar-refractivity contribution is 5.94. The number of amides is 1. The molecule has 2 aromatic rings. The summed E-state index contributed by atoms with van der Waals surface area (Å²) < 4.78 is 14.8. The van der Waals surface area contributed by atoms with Gasteiger partial charge in [-0.05, 0) is 50.8 Å². The molecule has 27 heavy (non-hydrogen) atoms. The summed E-state index contributed by atoms with van der Waals surface area (Å²) in [5, 5.41) is 20.3. The lowest BCUT2D eigenvalue weighted by Gasteiger charge is -2.32. The van der Waals surface area contributed by atoms with Gasteiger partial charge in [-0.3, -0.25) is 9.48 Å². The molecule has 0 radical (unpaired) electrons. The van der Waals surface area contributed by atoms with E-state index in [0.29, 0.717) is 18.7 Å². The topological polar surface area (TPSA) is 79.2 Å². The number of aromatic nitrogens is 2. The molecule has 0 spiro atoms. The molecule has 1 atom stereocenters. The number of aliphatic hydroxyl groups excluding tert-OH is 1. The number of halogens is 1. The normalized spacial score (nSPS) is 16.9. The van der Waals surface area contributed by atoms with Crippen molar-refractivity contribution in [2.24, 2.45) is 7.05 Å². The van der Waals surface area contributed by atoms with E-state index in [1.807, 2.05) is 20.9 Å². The summed E-state index contributed by atoms with van der Waals surface area (Å²) in [5.74, 6) is -0.522. The number of carbonyl (C=O) groups excluding carboxylic acids is 1. The van der Waals surface area contributed by atoms with Crippen LogP contribution in [0.1, 0.15) is 47.6 Å². The molecule has 7 heteroatoms. The maximum absolute atomic E-state index is 13.0. The van der Waals surface area contributed by atoms with Crippen molar-refractivity contribution in [2.75, 3.05) is 6.61 Å². The smallest absolute Gasteiger partial charge is 0.272 e. The van der Waals surface area contributed by atoms with Crippen LogP contribution in [0.15, 0.2) is 24.3 Å². The third kappa shape index (κ3) is 4.54. The van der Waals surface area contributed by atoms with Crippen molar-refractivity contribution < 1.29 is 14.3 Å². The van der Waals surface area contributed by atoms with Gasteiger partial charge in [0.25, 0.3) is 5.91 Å². The second-order valence-corrected chi connectivity index (χ2v) is 7.83. The van der Waals surface area contributed by atoms with E-state index in [9.17, 15) is 14.3 Å². The first-order valence-corrected chi connectivity index (χ1v) is 9.25. The maximum Gasteiger partial charge on any atom is 0.272 e. The average Bonchev–Trinajstić information content (AvgIpc) is 2.97. The van der Waals surface area contributed by atoms with Crippen molar-refractivity contribution in [1.82, 2.24) is 20.4 Å². The molecule has 1 unspecified atom stereocenters. The van der Waals surface area contributed by atoms with Gasteiger partial charge in [0.2, 0.25) is 0 Å². The van der Waals surface area contributed by atoms with Gasteiger partial charge in [0.15, 0.2) is 5.69 Å². The highest BCUT2D eigenvalue weighted by atomic mass is 19.1. The van der Waals surface area contributed by atoms with Crippen LogP contribution in [0.25, 0.3) is 0 Å². The number of nitrogens with one attached hydrogen (secondary N) is 2. The van der Waals surface area contributed by atoms with E-state index in [1.54, 1.807) is 16.8 Å². The van der Waals surface area contributed by atoms with Crippen LogP contribution in [-0.4, -0.2) is 39.0 Å². The molecule has 1 heterocycles. The number of aliphatic hydroxyl groups is 1. The van der Waals surface area contributed by atoms with Gasteiger partial charge in [0.1, 0.15) is 5.82 Å². The Bertz CT molecular complexity index is 814. The largest absolute Gasteiger partial charge is 0.394 e. The molecule has 1 amide bonds. The van der Waals surface area contributed by atoms with Gasteiger partial charge in [0.05, 0.1) is 6.61 Å². The summed E-state index contributed by atoms with van der Waals surface area (Å²) in [6, 6.07) is 6.25. The van der Waals surface area contributed by atoms with Gasteiger partial charge >= 0.3 is 0 Å². The van der Waals surface area contributed by atoms with E-state index in [-0.39, 0.29) is 29.9 Å². The van der Waals surface area contributed by atoms with Crippen LogP contribution in [0.5, 0.6) is 0 Å². The fourth-order valence-corrected chi connectivity index (χ4v) is 3.56. The SMILES string of the molecule is Cn1nc(C(=O)NCc2ccc(F)cc2)c2c1CCC(NC(C)(C)CO)C2. The summed E-state index contributed by atoms with van der Waals surface area (Å²) in [6.07, 6.45) is 2.47. The van der Waals surface area contributed by atoms with Crippen molar-refractivity contribution in [2.45, 2.75) is 51.2 Å². The predicted molar refractivity (Wildman–Crippen MR) is 101 cm³/mol. The minimum absolute atomic E-state index is 0.0500. The van der Waals surface area contributed by atoms with Crippen LogP contribution >= 0.6 is 0 Å². The minimum atomic E-state index is -0.366. The first-order valence-electron chi connectivity index (χ1n) is 9.25. The fraction of sp³-hybridized carbons (Fsp3) is 0.500. The first kappa shape index (κ1) is 19.5. The first-order chi connectivity index (χ1) is 12.8. The highest BCUT2D eigenvalue weighted by Crippen LogP contribution is 2.25. The third-order valence-electron chi connectivity index (χ3n) is 5.03. The van der Waals surface area contributed by atoms with E-state index < -0.39 is 0 Å². The van der Waals surface area contributed by atoms with E-state index in [2.05, 4.69) is 15.7 Å². The lowest BCUT2D eigenvalue weighted by atomic mass is 9.89. The number of benzene rings is 1. The Kier molecular flexibility index (Phi) is 5.62. The molecule has 1 aliphatic carbocycles. The number of rotatable bonds is 6. The summed E-state index contributed by atoms with van der Waals surface area (Å²) in [7, 11) is 1.86. The second kappa shape index (κ2) is 7.78. The summed E-state index contributed by atoms with van der Waals surface area (Å²) in [6.45, 7) is 4.29. The Labute approximate surface area is 158 Å². The molecule has 146 valence electrons. The molecular weight excluding hydrogens is 347 g/mol. The molecule has 0 bridgehead atoms. The molecule has 6 nitrogen and oxygen atoms in total. The molecule has 0 fully saturated rings. The molecule has 0 aliphatic heterocycles. The van der Waals surface area contributed by atoms with Crippen LogP contribution in [-0.2, 0) is 26.4 Å². The van der Waals surface area contributed by atoms with Crippen molar-refractivity contribution >= 4 is 5.91 Å². The van der Waals surface area contributed by atoms with Crippen molar-refractivity contribution in [3.63, 3.8) is 0 Å². The van der Waals surface area contributed by atoms with Crippen LogP contribution < -0.4 is 10.6 Å². The van der Waals surface area contributed by atoms with Gasteiger partial charge in [-0.1, -0.05) is 12.1 Å². The average molecular weight is 374 g/mol. The fourth-order valence-electron chi connectivity index (χ4n) is 3.56. The van der Waals surface area contributed by atoms with Crippen molar-refractivity contribution in [1.29, 1.82) is 0 Å². The number of hydrogen-bond donors (Lipinski definition) is 3. The standard InChI is InChI=1S/C20H27FN4O2/c1-20(2,12-26)23-15-8-9-17-16(10-15)18(24-25(17)3)19(27)22-11-13-4-6-14(21)7-5-13/h4-7,15,23,26H,8-12H2,1-3H3,(H,22,27). The highest BCUT2D eigenvalue weighted by Gasteiger charge is 2.30. The van der Waals surface area contributed by atoms with Crippen LogP contribution in [0, 0.1) is 5.82 Å². The van der Waals surface area contributed by atoms with Crippen molar-refractivity contribution in [3.05, 3.63) is 52.6 Å². The number of fused-ring (bicyclic) bond motifs is 1. The predicted octanol–water partition coefficient (Wildman–Crippen LogP) is 1.71. The Balaban J connectivity index is 1.71. The zero-order valence-electron chi connectivity index (χ0n) is 16.1. The number of aryl methyl sites for hydroxylation is 1. The van der Waals surface area contributed by atoms with Crippen LogP contribution in [0.3, 0.4) is 0 Å². The van der Waals surface area contributed by atoms with Crippen LogP contribution in [0.4, 0.5) is 4.39 Å². The molecule has 1 aromatic heterocycles. The monoisotopic (exact) mass is 374 g/mol. The number of hydrogen-bond acceptors (Lipinski definition) is 4. The van der Waals surface area contributed by atoms with E-state index in [0.717, 1.165) is 29.7 Å². The van der Waals surface area contributed by atoms with Gasteiger partial charge in [-0.15, -0.1) is 0 Å². The van der Waals surface area contributed by atoms with Crippen LogP contribution in [0.2, 0.25) is 0 Å². The Morgan fingerprint density at radius 2 is 2.07 bits per heavy atom. The van der Waals surface area contributed by atoms with Gasteiger partial charge in [-0.25, -0.2) is 4.39 Å². The summed E-state index contributed by atoms with van der Waals surface area (Å²) >= 11 is 0. The molecule has 3 rings (SSSR count).